The maximum Gasteiger partial charge on any atom is 0.231 e. The van der Waals surface area contributed by atoms with E-state index in [2.05, 4.69) is 26.6 Å². The van der Waals surface area contributed by atoms with E-state index in [4.69, 9.17) is 9.47 Å². The highest BCUT2D eigenvalue weighted by molar-refractivity contribution is 14.0. The molecule has 0 aromatic heterocycles. The van der Waals surface area contributed by atoms with E-state index in [1.165, 1.54) is 38.6 Å². The largest absolute Gasteiger partial charge is 0.454 e. The lowest BCUT2D eigenvalue weighted by Gasteiger charge is -2.24. The van der Waals surface area contributed by atoms with Gasteiger partial charge in [0.1, 0.15) is 0 Å². The van der Waals surface area contributed by atoms with Crippen LogP contribution in [-0.2, 0) is 6.54 Å². The van der Waals surface area contributed by atoms with Crippen LogP contribution in [0.2, 0.25) is 0 Å². The normalized spacial score (nSPS) is 23.1. The van der Waals surface area contributed by atoms with Crippen molar-refractivity contribution in [2.24, 2.45) is 4.99 Å². The number of nitrogens with one attached hydrogen (secondary N) is 2. The lowest BCUT2D eigenvalue weighted by atomic mass is 10.2. The maximum absolute atomic E-state index is 5.44. The van der Waals surface area contributed by atoms with Gasteiger partial charge in [0.15, 0.2) is 17.5 Å². The second-order valence-corrected chi connectivity index (χ2v) is 7.18. The van der Waals surface area contributed by atoms with Crippen molar-refractivity contribution < 1.29 is 9.47 Å². The van der Waals surface area contributed by atoms with Gasteiger partial charge in [0, 0.05) is 38.8 Å². The van der Waals surface area contributed by atoms with Crippen molar-refractivity contribution >= 4 is 29.9 Å². The molecule has 6 nitrogen and oxygen atoms in total. The first-order valence-corrected chi connectivity index (χ1v) is 9.41. The topological polar surface area (TPSA) is 58.1 Å². The average Bonchev–Trinajstić information content (AvgIpc) is 3.39. The zero-order valence-electron chi connectivity index (χ0n) is 15.4. The zero-order valence-corrected chi connectivity index (χ0v) is 17.7. The van der Waals surface area contributed by atoms with E-state index in [-0.39, 0.29) is 24.0 Å². The van der Waals surface area contributed by atoms with Gasteiger partial charge in [-0.25, -0.2) is 0 Å². The summed E-state index contributed by atoms with van der Waals surface area (Å²) in [6, 6.07) is 7.36. The molecule has 0 bridgehead atoms. The molecule has 1 aromatic carbocycles. The number of hydrogen-bond acceptors (Lipinski definition) is 4. The molecule has 26 heavy (non-hydrogen) atoms. The first-order valence-electron chi connectivity index (χ1n) is 9.41. The first-order chi connectivity index (χ1) is 12.3. The number of halogens is 1. The van der Waals surface area contributed by atoms with E-state index in [9.17, 15) is 0 Å². The van der Waals surface area contributed by atoms with Crippen molar-refractivity contribution in [3.63, 3.8) is 0 Å². The van der Waals surface area contributed by atoms with Gasteiger partial charge < -0.3 is 20.1 Å². The van der Waals surface area contributed by atoms with Crippen LogP contribution in [0.25, 0.3) is 0 Å². The molecule has 7 heteroatoms. The molecule has 0 spiro atoms. The van der Waals surface area contributed by atoms with Gasteiger partial charge in [-0.2, -0.15) is 0 Å². The quantitative estimate of drug-likeness (QED) is 0.401. The van der Waals surface area contributed by atoms with Gasteiger partial charge in [-0.3, -0.25) is 9.89 Å². The van der Waals surface area contributed by atoms with E-state index in [0.717, 1.165) is 42.2 Å². The Balaban J connectivity index is 0.00000196. The second kappa shape index (κ2) is 9.12. The summed E-state index contributed by atoms with van der Waals surface area (Å²) in [5, 5.41) is 7.00. The highest BCUT2D eigenvalue weighted by Crippen LogP contribution is 2.32. The molecule has 144 valence electrons. The van der Waals surface area contributed by atoms with Crippen LogP contribution < -0.4 is 20.1 Å². The lowest BCUT2D eigenvalue weighted by Crippen LogP contribution is -2.45. The predicted molar refractivity (Wildman–Crippen MR) is 114 cm³/mol. The molecular weight excluding hydrogens is 443 g/mol. The minimum Gasteiger partial charge on any atom is -0.454 e. The van der Waals surface area contributed by atoms with Crippen LogP contribution in [0, 0.1) is 0 Å². The third-order valence-electron chi connectivity index (χ3n) is 5.52. The maximum atomic E-state index is 5.44. The number of likely N-dealkylation sites (tertiary alicyclic amines) is 1. The van der Waals surface area contributed by atoms with E-state index in [1.54, 1.807) is 0 Å². The number of hydrogen-bond donors (Lipinski definition) is 2. The minimum absolute atomic E-state index is 0. The lowest BCUT2D eigenvalue weighted by molar-refractivity contribution is 0.174. The summed E-state index contributed by atoms with van der Waals surface area (Å²) < 4.78 is 10.8. The third kappa shape index (κ3) is 4.54. The molecule has 4 rings (SSSR count). The van der Waals surface area contributed by atoms with Crippen molar-refractivity contribution in [3.05, 3.63) is 23.8 Å². The summed E-state index contributed by atoms with van der Waals surface area (Å²) in [7, 11) is 1.83. The van der Waals surface area contributed by atoms with Gasteiger partial charge in [-0.15, -0.1) is 24.0 Å². The summed E-state index contributed by atoms with van der Waals surface area (Å²) in [6.45, 7) is 3.38. The number of fused-ring (bicyclic) bond motifs is 1. The monoisotopic (exact) mass is 472 g/mol. The number of guanidine groups is 1. The van der Waals surface area contributed by atoms with Gasteiger partial charge in [0.05, 0.1) is 0 Å². The van der Waals surface area contributed by atoms with Crippen molar-refractivity contribution in [1.82, 2.24) is 15.5 Å². The second-order valence-electron chi connectivity index (χ2n) is 7.18. The molecule has 0 amide bonds. The Labute approximate surface area is 172 Å². The average molecular weight is 472 g/mol. The predicted octanol–water partition coefficient (Wildman–Crippen LogP) is 2.72. The fourth-order valence-electron chi connectivity index (χ4n) is 4.13. The molecule has 2 N–H and O–H groups in total. The SMILES string of the molecule is CN=C(NCc1ccc2c(c1)OCO2)NC1CCN(C2CCCC2)C1.I. The summed E-state index contributed by atoms with van der Waals surface area (Å²) in [5.41, 5.74) is 1.16. The Bertz CT molecular complexity index is 634. The highest BCUT2D eigenvalue weighted by atomic mass is 127. The van der Waals surface area contributed by atoms with Gasteiger partial charge in [-0.05, 0) is 37.0 Å². The highest BCUT2D eigenvalue weighted by Gasteiger charge is 2.30. The van der Waals surface area contributed by atoms with Crippen LogP contribution in [0.3, 0.4) is 0 Å². The van der Waals surface area contributed by atoms with Gasteiger partial charge >= 0.3 is 0 Å². The number of aliphatic imine (C=N–C) groups is 1. The molecule has 1 saturated carbocycles. The molecule has 3 aliphatic rings. The number of nitrogens with zero attached hydrogens (tertiary/aromatic N) is 2. The molecule has 2 fully saturated rings. The summed E-state index contributed by atoms with van der Waals surface area (Å²) in [5.74, 6) is 2.52. The molecule has 0 radical (unpaired) electrons. The molecule has 1 aromatic rings. The van der Waals surface area contributed by atoms with Crippen LogP contribution in [0.5, 0.6) is 11.5 Å². The van der Waals surface area contributed by atoms with Gasteiger partial charge in [0.25, 0.3) is 0 Å². The molecule has 1 aliphatic carbocycles. The third-order valence-corrected chi connectivity index (χ3v) is 5.52. The Morgan fingerprint density at radius 2 is 2.00 bits per heavy atom. The van der Waals surface area contributed by atoms with E-state index < -0.39 is 0 Å². The summed E-state index contributed by atoms with van der Waals surface area (Å²) in [4.78, 5) is 7.04. The standard InChI is InChI=1S/C19H28N4O2.HI/c1-20-19(21-11-14-6-7-17-18(10-14)25-13-24-17)22-15-8-9-23(12-15)16-4-2-3-5-16;/h6-7,10,15-16H,2-5,8-9,11-13H2,1H3,(H2,20,21,22);1H. The Morgan fingerprint density at radius 1 is 1.19 bits per heavy atom. The van der Waals surface area contributed by atoms with Crippen molar-refractivity contribution in [2.75, 3.05) is 26.9 Å². The zero-order chi connectivity index (χ0) is 17.1. The van der Waals surface area contributed by atoms with Gasteiger partial charge in [-0.1, -0.05) is 18.9 Å². The van der Waals surface area contributed by atoms with Crippen molar-refractivity contribution in [2.45, 2.75) is 50.7 Å². The van der Waals surface area contributed by atoms with Crippen molar-refractivity contribution in [3.8, 4) is 11.5 Å². The Kier molecular flexibility index (Phi) is 6.86. The van der Waals surface area contributed by atoms with E-state index >= 15 is 0 Å². The molecule has 1 saturated heterocycles. The fraction of sp³-hybridized carbons (Fsp3) is 0.632. The number of ether oxygens (including phenoxy) is 2. The number of benzene rings is 1. The minimum atomic E-state index is 0. The van der Waals surface area contributed by atoms with Crippen LogP contribution in [0.4, 0.5) is 0 Å². The van der Waals surface area contributed by atoms with E-state index in [1.807, 2.05) is 19.2 Å². The first kappa shape index (κ1) is 19.5. The smallest absolute Gasteiger partial charge is 0.231 e. The van der Waals surface area contributed by atoms with Crippen LogP contribution in [0.15, 0.2) is 23.2 Å². The van der Waals surface area contributed by atoms with Crippen LogP contribution in [-0.4, -0.2) is 49.9 Å². The summed E-state index contributed by atoms with van der Waals surface area (Å²) in [6.07, 6.45) is 6.75. The number of rotatable bonds is 4. The molecule has 1 unspecified atom stereocenters. The van der Waals surface area contributed by atoms with Gasteiger partial charge in [0.2, 0.25) is 6.79 Å². The molecule has 2 aliphatic heterocycles. The van der Waals surface area contributed by atoms with E-state index in [0.29, 0.717) is 12.8 Å². The summed E-state index contributed by atoms with van der Waals surface area (Å²) >= 11 is 0. The molecule has 2 heterocycles. The van der Waals surface area contributed by atoms with Crippen molar-refractivity contribution in [1.29, 1.82) is 0 Å². The Hall–Kier alpha value is -1.22. The van der Waals surface area contributed by atoms with Crippen LogP contribution >= 0.6 is 24.0 Å². The molecule has 1 atom stereocenters. The Morgan fingerprint density at radius 3 is 2.81 bits per heavy atom. The fourth-order valence-corrected chi connectivity index (χ4v) is 4.13. The van der Waals surface area contributed by atoms with Crippen LogP contribution in [0.1, 0.15) is 37.7 Å². The molecular formula is C19H29IN4O2.